The number of aldehydes is 1. The maximum absolute atomic E-state index is 13.1. The average molecular weight is 301 g/mol. The van der Waals surface area contributed by atoms with Crippen molar-refractivity contribution in [2.45, 2.75) is 32.0 Å². The second kappa shape index (κ2) is 6.05. The first-order chi connectivity index (χ1) is 9.82. The van der Waals surface area contributed by atoms with Crippen LogP contribution in [0.25, 0.3) is 0 Å². The molecule has 1 atom stereocenters. The molecule has 1 aromatic carbocycles. The van der Waals surface area contributed by atoms with Crippen LogP contribution in [-0.4, -0.2) is 30.6 Å². The van der Waals surface area contributed by atoms with Crippen molar-refractivity contribution < 1.29 is 23.1 Å². The average Bonchev–Trinajstić information content (AvgIpc) is 2.46. The van der Waals surface area contributed by atoms with E-state index in [0.717, 1.165) is 6.07 Å². The molecule has 1 aliphatic heterocycles. The van der Waals surface area contributed by atoms with E-state index in [1.807, 2.05) is 0 Å². The minimum absolute atomic E-state index is 0.0185. The van der Waals surface area contributed by atoms with E-state index in [4.69, 9.17) is 0 Å². The van der Waals surface area contributed by atoms with Crippen molar-refractivity contribution in [3.05, 3.63) is 29.3 Å². The van der Waals surface area contributed by atoms with Gasteiger partial charge >= 0.3 is 6.18 Å². The van der Waals surface area contributed by atoms with Crippen LogP contribution in [0.1, 0.15) is 35.7 Å². The molecule has 0 amide bonds. The highest BCUT2D eigenvalue weighted by Crippen LogP contribution is 2.38. The monoisotopic (exact) mass is 301 g/mol. The number of hydrogen-bond donors (Lipinski definition) is 1. The summed E-state index contributed by atoms with van der Waals surface area (Å²) in [5.41, 5.74) is -0.648. The van der Waals surface area contributed by atoms with Crippen LogP contribution in [0.2, 0.25) is 0 Å². The maximum atomic E-state index is 13.1. The van der Waals surface area contributed by atoms with Crippen LogP contribution < -0.4 is 4.90 Å². The first-order valence-corrected chi connectivity index (χ1v) is 6.92. The highest BCUT2D eigenvalue weighted by molar-refractivity contribution is 5.77. The summed E-state index contributed by atoms with van der Waals surface area (Å²) < 4.78 is 39.4. The van der Waals surface area contributed by atoms with Crippen LogP contribution in [0.4, 0.5) is 18.9 Å². The molecule has 1 saturated heterocycles. The maximum Gasteiger partial charge on any atom is 0.418 e. The third kappa shape index (κ3) is 3.56. The Balaban J connectivity index is 2.26. The number of piperidine rings is 1. The number of carbonyl (C=O) groups is 1. The molecule has 0 aromatic heterocycles. The summed E-state index contributed by atoms with van der Waals surface area (Å²) in [7, 11) is 0. The van der Waals surface area contributed by atoms with Gasteiger partial charge in [0.15, 0.2) is 0 Å². The largest absolute Gasteiger partial charge is 0.418 e. The number of alkyl halides is 3. The van der Waals surface area contributed by atoms with Crippen LogP contribution in [0.15, 0.2) is 18.2 Å². The molecule has 6 heteroatoms. The number of rotatable bonds is 3. The zero-order chi connectivity index (χ0) is 15.6. The molecule has 3 nitrogen and oxygen atoms in total. The number of carbonyl (C=O) groups excluding carboxylic acids is 1. The lowest BCUT2D eigenvalue weighted by molar-refractivity contribution is -0.137. The summed E-state index contributed by atoms with van der Waals surface area (Å²) in [5.74, 6) is 0.129. The van der Waals surface area contributed by atoms with Crippen LogP contribution in [0.3, 0.4) is 0 Å². The predicted octanol–water partition coefficient (Wildman–Crippen LogP) is 3.12. The number of aliphatic hydroxyl groups is 1. The van der Waals surface area contributed by atoms with Gasteiger partial charge in [-0.25, -0.2) is 0 Å². The van der Waals surface area contributed by atoms with Crippen LogP contribution in [0.5, 0.6) is 0 Å². The zero-order valence-corrected chi connectivity index (χ0v) is 11.7. The van der Waals surface area contributed by atoms with Crippen molar-refractivity contribution in [1.29, 1.82) is 0 Å². The Bertz CT molecular complexity index is 506. The van der Waals surface area contributed by atoms with E-state index in [0.29, 0.717) is 32.2 Å². The van der Waals surface area contributed by atoms with Gasteiger partial charge in [0.25, 0.3) is 0 Å². The molecule has 1 heterocycles. The van der Waals surface area contributed by atoms with Crippen LogP contribution in [-0.2, 0) is 6.18 Å². The summed E-state index contributed by atoms with van der Waals surface area (Å²) in [6.45, 7) is 2.65. The number of halogens is 3. The van der Waals surface area contributed by atoms with Crippen molar-refractivity contribution in [1.82, 2.24) is 0 Å². The minimum atomic E-state index is -4.49. The fourth-order valence-electron chi connectivity index (χ4n) is 2.75. The van der Waals surface area contributed by atoms with Crippen molar-refractivity contribution in [3.63, 3.8) is 0 Å². The normalized spacial score (nSPS) is 18.6. The summed E-state index contributed by atoms with van der Waals surface area (Å²) in [6.07, 6.45) is -3.20. The fourth-order valence-corrected chi connectivity index (χ4v) is 2.75. The molecule has 1 fully saturated rings. The van der Waals surface area contributed by atoms with E-state index in [1.54, 1.807) is 11.8 Å². The lowest BCUT2D eigenvalue weighted by atomic mass is 9.91. The summed E-state index contributed by atoms with van der Waals surface area (Å²) >= 11 is 0. The van der Waals surface area contributed by atoms with E-state index in [-0.39, 0.29) is 17.2 Å². The Morgan fingerprint density at radius 1 is 1.33 bits per heavy atom. The van der Waals surface area contributed by atoms with E-state index >= 15 is 0 Å². The molecule has 2 rings (SSSR count). The SMILES string of the molecule is CC(O)C1CCN(c2ccc(C=O)cc2C(F)(F)F)CC1. The number of hydrogen-bond acceptors (Lipinski definition) is 3. The quantitative estimate of drug-likeness (QED) is 0.872. The molecule has 0 radical (unpaired) electrons. The van der Waals surface area contributed by atoms with Crippen LogP contribution >= 0.6 is 0 Å². The van der Waals surface area contributed by atoms with Gasteiger partial charge in [-0.2, -0.15) is 13.2 Å². The highest BCUT2D eigenvalue weighted by Gasteiger charge is 2.36. The third-order valence-corrected chi connectivity index (χ3v) is 4.02. The number of anilines is 1. The van der Waals surface area contributed by atoms with E-state index in [1.165, 1.54) is 12.1 Å². The molecular formula is C15H18F3NO2. The number of benzene rings is 1. The predicted molar refractivity (Wildman–Crippen MR) is 73.4 cm³/mol. The standard InChI is InChI=1S/C15H18F3NO2/c1-10(21)12-4-6-19(7-5-12)14-3-2-11(9-20)8-13(14)15(16,17)18/h2-3,8-10,12,21H,4-7H2,1H3. The molecule has 1 aliphatic rings. The molecule has 1 aromatic rings. The Kier molecular flexibility index (Phi) is 4.56. The zero-order valence-electron chi connectivity index (χ0n) is 11.7. The Hall–Kier alpha value is -1.56. The number of nitrogens with zero attached hydrogens (tertiary/aromatic N) is 1. The topological polar surface area (TPSA) is 40.5 Å². The second-order valence-electron chi connectivity index (χ2n) is 5.46. The Morgan fingerprint density at radius 3 is 2.43 bits per heavy atom. The van der Waals surface area contributed by atoms with Crippen molar-refractivity contribution in [3.8, 4) is 0 Å². The molecule has 0 saturated carbocycles. The van der Waals surface area contributed by atoms with Gasteiger partial charge in [-0.1, -0.05) is 0 Å². The molecule has 21 heavy (non-hydrogen) atoms. The summed E-state index contributed by atoms with van der Waals surface area (Å²) in [6, 6.07) is 3.65. The van der Waals surface area contributed by atoms with Crippen molar-refractivity contribution in [2.75, 3.05) is 18.0 Å². The van der Waals surface area contributed by atoms with E-state index in [2.05, 4.69) is 0 Å². The van der Waals surface area contributed by atoms with E-state index < -0.39 is 17.8 Å². The van der Waals surface area contributed by atoms with Crippen molar-refractivity contribution in [2.24, 2.45) is 5.92 Å². The van der Waals surface area contributed by atoms with Crippen molar-refractivity contribution >= 4 is 12.0 Å². The van der Waals surface area contributed by atoms with Gasteiger partial charge in [-0.15, -0.1) is 0 Å². The molecule has 116 valence electrons. The summed E-state index contributed by atoms with van der Waals surface area (Å²) in [4.78, 5) is 12.4. The van der Waals surface area contributed by atoms with E-state index in [9.17, 15) is 23.1 Å². The smallest absolute Gasteiger partial charge is 0.393 e. The Morgan fingerprint density at radius 2 is 1.95 bits per heavy atom. The summed E-state index contributed by atoms with van der Waals surface area (Å²) in [5, 5.41) is 9.55. The first kappa shape index (κ1) is 15.8. The first-order valence-electron chi connectivity index (χ1n) is 6.92. The molecule has 0 bridgehead atoms. The molecular weight excluding hydrogens is 283 g/mol. The van der Waals surface area contributed by atoms with Gasteiger partial charge < -0.3 is 10.0 Å². The van der Waals surface area contributed by atoms with Gasteiger partial charge in [-0.3, -0.25) is 4.79 Å². The van der Waals surface area contributed by atoms with Gasteiger partial charge in [0, 0.05) is 24.3 Å². The van der Waals surface area contributed by atoms with Gasteiger partial charge in [0.1, 0.15) is 6.29 Å². The third-order valence-electron chi connectivity index (χ3n) is 4.02. The van der Waals surface area contributed by atoms with Gasteiger partial charge in [-0.05, 0) is 43.9 Å². The minimum Gasteiger partial charge on any atom is -0.393 e. The molecule has 1 unspecified atom stereocenters. The fraction of sp³-hybridized carbons (Fsp3) is 0.533. The highest BCUT2D eigenvalue weighted by atomic mass is 19.4. The van der Waals surface area contributed by atoms with Crippen LogP contribution in [0, 0.1) is 5.92 Å². The number of aliphatic hydroxyl groups excluding tert-OH is 1. The van der Waals surface area contributed by atoms with Gasteiger partial charge in [0.2, 0.25) is 0 Å². The molecule has 0 spiro atoms. The lowest BCUT2D eigenvalue weighted by Gasteiger charge is -2.36. The lowest BCUT2D eigenvalue weighted by Crippen LogP contribution is -2.38. The van der Waals surface area contributed by atoms with Gasteiger partial charge in [0.05, 0.1) is 11.7 Å². The molecule has 1 N–H and O–H groups in total. The second-order valence-corrected chi connectivity index (χ2v) is 5.46. The Labute approximate surface area is 121 Å². The molecule has 0 aliphatic carbocycles.